The van der Waals surface area contributed by atoms with Gasteiger partial charge in [-0.3, -0.25) is 14.3 Å². The summed E-state index contributed by atoms with van der Waals surface area (Å²) in [7, 11) is 0. The Labute approximate surface area is 122 Å². The molecule has 2 N–H and O–H groups in total. The van der Waals surface area contributed by atoms with Crippen molar-refractivity contribution in [1.29, 1.82) is 0 Å². The second-order valence-electron chi connectivity index (χ2n) is 5.56. The van der Waals surface area contributed by atoms with Gasteiger partial charge in [-0.25, -0.2) is 4.79 Å². The Morgan fingerprint density at radius 1 is 1.57 bits per heavy atom. The van der Waals surface area contributed by atoms with Gasteiger partial charge in [0.05, 0.1) is 0 Å². The van der Waals surface area contributed by atoms with Crippen molar-refractivity contribution in [3.8, 4) is 11.8 Å². The number of hydrogen-bond acceptors (Lipinski definition) is 4. The maximum Gasteiger partial charge on any atom is 0.330 e. The average Bonchev–Trinajstić information content (AvgIpc) is 2.74. The summed E-state index contributed by atoms with van der Waals surface area (Å²) in [4.78, 5) is 25.1. The molecule has 21 heavy (non-hydrogen) atoms. The van der Waals surface area contributed by atoms with Crippen molar-refractivity contribution in [2.75, 3.05) is 0 Å². The summed E-state index contributed by atoms with van der Waals surface area (Å²) in [5.74, 6) is 5.99. The Morgan fingerprint density at radius 2 is 2.29 bits per heavy atom. The SMILES string of the molecule is CCC1OC(n2ccc(=O)[nH]c2=O)CC1(O)C#CC(C)C. The maximum absolute atomic E-state index is 11.8. The fraction of sp³-hybridized carbons (Fsp3) is 0.600. The summed E-state index contributed by atoms with van der Waals surface area (Å²) >= 11 is 0. The van der Waals surface area contributed by atoms with Crippen molar-refractivity contribution in [3.63, 3.8) is 0 Å². The number of rotatable bonds is 2. The Hall–Kier alpha value is -1.84. The summed E-state index contributed by atoms with van der Waals surface area (Å²) in [6, 6.07) is 1.25. The number of aromatic nitrogens is 2. The fourth-order valence-electron chi connectivity index (χ4n) is 2.40. The lowest BCUT2D eigenvalue weighted by Gasteiger charge is -2.21. The molecule has 114 valence electrons. The molecule has 0 saturated carbocycles. The van der Waals surface area contributed by atoms with Crippen molar-refractivity contribution in [1.82, 2.24) is 9.55 Å². The molecule has 1 aliphatic heterocycles. The highest BCUT2D eigenvalue weighted by molar-refractivity contribution is 5.20. The highest BCUT2D eigenvalue weighted by Gasteiger charge is 2.46. The normalized spacial score (nSPS) is 28.4. The maximum atomic E-state index is 11.8. The zero-order chi connectivity index (χ0) is 15.6. The van der Waals surface area contributed by atoms with Crippen LogP contribution in [0.4, 0.5) is 0 Å². The van der Waals surface area contributed by atoms with E-state index >= 15 is 0 Å². The van der Waals surface area contributed by atoms with E-state index in [9.17, 15) is 14.7 Å². The Kier molecular flexibility index (Phi) is 4.35. The zero-order valence-electron chi connectivity index (χ0n) is 12.4. The first-order valence-corrected chi connectivity index (χ1v) is 7.07. The van der Waals surface area contributed by atoms with Crippen LogP contribution in [-0.4, -0.2) is 26.4 Å². The van der Waals surface area contributed by atoms with Gasteiger partial charge in [0.25, 0.3) is 5.56 Å². The van der Waals surface area contributed by atoms with E-state index in [4.69, 9.17) is 4.74 Å². The monoisotopic (exact) mass is 292 g/mol. The molecule has 0 amide bonds. The van der Waals surface area contributed by atoms with Crippen LogP contribution in [0.5, 0.6) is 0 Å². The minimum atomic E-state index is -1.28. The van der Waals surface area contributed by atoms with E-state index in [-0.39, 0.29) is 12.3 Å². The topological polar surface area (TPSA) is 84.3 Å². The number of aliphatic hydroxyl groups is 1. The summed E-state index contributed by atoms with van der Waals surface area (Å²) in [6.45, 7) is 5.78. The zero-order valence-corrected chi connectivity index (χ0v) is 12.4. The lowest BCUT2D eigenvalue weighted by molar-refractivity contribution is -0.0388. The predicted octanol–water partition coefficient (Wildman–Crippen LogP) is 0.625. The molecule has 0 spiro atoms. The van der Waals surface area contributed by atoms with Gasteiger partial charge < -0.3 is 9.84 Å². The molecule has 3 unspecified atom stereocenters. The molecule has 1 fully saturated rings. The Balaban J connectivity index is 2.33. The third-order valence-electron chi connectivity index (χ3n) is 3.45. The largest absolute Gasteiger partial charge is 0.375 e. The predicted molar refractivity (Wildman–Crippen MR) is 77.7 cm³/mol. The number of ether oxygens (including phenoxy) is 1. The first kappa shape index (κ1) is 15.5. The van der Waals surface area contributed by atoms with Crippen LogP contribution in [0.15, 0.2) is 21.9 Å². The first-order valence-electron chi connectivity index (χ1n) is 7.07. The van der Waals surface area contributed by atoms with Crippen molar-refractivity contribution in [2.45, 2.75) is 51.5 Å². The van der Waals surface area contributed by atoms with Gasteiger partial charge in [-0.05, 0) is 6.42 Å². The van der Waals surface area contributed by atoms with E-state index in [0.29, 0.717) is 6.42 Å². The molecule has 0 radical (unpaired) electrons. The van der Waals surface area contributed by atoms with Crippen molar-refractivity contribution < 1.29 is 9.84 Å². The van der Waals surface area contributed by atoms with Crippen LogP contribution in [0.2, 0.25) is 0 Å². The average molecular weight is 292 g/mol. The highest BCUT2D eigenvalue weighted by Crippen LogP contribution is 2.37. The standard InChI is InChI=1S/C15H20N2O4/c1-4-11-15(20,7-5-10(2)3)9-13(21-11)17-8-6-12(18)16-14(17)19/h6,8,10-11,13,20H,4,9H2,1-3H3,(H,16,18,19). The van der Waals surface area contributed by atoms with Crippen LogP contribution in [0, 0.1) is 17.8 Å². The van der Waals surface area contributed by atoms with E-state index in [0.717, 1.165) is 0 Å². The van der Waals surface area contributed by atoms with Gasteiger partial charge >= 0.3 is 5.69 Å². The third-order valence-corrected chi connectivity index (χ3v) is 3.45. The quantitative estimate of drug-likeness (QED) is 0.783. The van der Waals surface area contributed by atoms with Crippen molar-refractivity contribution in [2.24, 2.45) is 5.92 Å². The second kappa shape index (κ2) is 5.88. The number of hydrogen-bond donors (Lipinski definition) is 2. The van der Waals surface area contributed by atoms with Crippen LogP contribution < -0.4 is 11.2 Å². The molecule has 6 nitrogen and oxygen atoms in total. The molecule has 0 aliphatic carbocycles. The molecule has 1 aromatic rings. The smallest absolute Gasteiger partial charge is 0.330 e. The number of aromatic amines is 1. The number of H-pyrrole nitrogens is 1. The molecule has 1 aliphatic rings. The molecule has 0 aromatic carbocycles. The van der Waals surface area contributed by atoms with Crippen LogP contribution in [-0.2, 0) is 4.74 Å². The lowest BCUT2D eigenvalue weighted by atomic mass is 9.93. The van der Waals surface area contributed by atoms with E-state index in [1.807, 2.05) is 20.8 Å². The van der Waals surface area contributed by atoms with Gasteiger partial charge in [0.1, 0.15) is 12.3 Å². The van der Waals surface area contributed by atoms with Gasteiger partial charge in [-0.2, -0.15) is 0 Å². The van der Waals surface area contributed by atoms with E-state index in [2.05, 4.69) is 16.8 Å². The van der Waals surface area contributed by atoms with Gasteiger partial charge in [-0.1, -0.05) is 32.6 Å². The van der Waals surface area contributed by atoms with Crippen LogP contribution in [0.1, 0.15) is 39.8 Å². The summed E-state index contributed by atoms with van der Waals surface area (Å²) in [5, 5.41) is 10.7. The molecular formula is C15H20N2O4. The minimum Gasteiger partial charge on any atom is -0.375 e. The minimum absolute atomic E-state index is 0.140. The fourth-order valence-corrected chi connectivity index (χ4v) is 2.40. The second-order valence-corrected chi connectivity index (χ2v) is 5.56. The molecule has 0 bridgehead atoms. The van der Waals surface area contributed by atoms with E-state index in [1.54, 1.807) is 0 Å². The van der Waals surface area contributed by atoms with Gasteiger partial charge in [-0.15, -0.1) is 0 Å². The lowest BCUT2D eigenvalue weighted by Crippen LogP contribution is -2.36. The Morgan fingerprint density at radius 3 is 2.86 bits per heavy atom. The highest BCUT2D eigenvalue weighted by atomic mass is 16.5. The molecule has 2 heterocycles. The van der Waals surface area contributed by atoms with Gasteiger partial charge in [0.2, 0.25) is 0 Å². The molecular weight excluding hydrogens is 272 g/mol. The molecule has 3 atom stereocenters. The van der Waals surface area contributed by atoms with Crippen molar-refractivity contribution in [3.05, 3.63) is 33.1 Å². The van der Waals surface area contributed by atoms with E-state index < -0.39 is 29.2 Å². The molecule has 1 saturated heterocycles. The van der Waals surface area contributed by atoms with Crippen molar-refractivity contribution >= 4 is 0 Å². The summed E-state index contributed by atoms with van der Waals surface area (Å²) in [5.41, 5.74) is -2.29. The molecule has 2 rings (SSSR count). The third kappa shape index (κ3) is 3.26. The Bertz CT molecular complexity index is 679. The van der Waals surface area contributed by atoms with E-state index in [1.165, 1.54) is 16.8 Å². The molecule has 1 aromatic heterocycles. The number of nitrogens with zero attached hydrogens (tertiary/aromatic N) is 1. The number of nitrogens with one attached hydrogen (secondary N) is 1. The summed E-state index contributed by atoms with van der Waals surface area (Å²) < 4.78 is 7.03. The summed E-state index contributed by atoms with van der Waals surface area (Å²) in [6.07, 6.45) is 1.05. The molecule has 6 heteroatoms. The first-order chi connectivity index (χ1) is 9.85. The van der Waals surface area contributed by atoms with Gasteiger partial charge in [0.15, 0.2) is 5.60 Å². The van der Waals surface area contributed by atoms with Gasteiger partial charge in [0, 0.05) is 24.6 Å². The van der Waals surface area contributed by atoms with Crippen LogP contribution in [0.3, 0.4) is 0 Å². The van der Waals surface area contributed by atoms with Crippen LogP contribution in [0.25, 0.3) is 0 Å². The van der Waals surface area contributed by atoms with Crippen LogP contribution >= 0.6 is 0 Å².